The number of hydroxylamine groups is 1. The van der Waals surface area contributed by atoms with Crippen LogP contribution in [0.5, 0.6) is 0 Å². The van der Waals surface area contributed by atoms with Gasteiger partial charge in [0.15, 0.2) is 0 Å². The fraction of sp³-hybridized carbons (Fsp3) is 0.429. The largest absolute Gasteiger partial charge is 0.368 e. The fourth-order valence-corrected chi connectivity index (χ4v) is 1.01. The maximum absolute atomic E-state index is 8.36. The van der Waals surface area contributed by atoms with Crippen LogP contribution >= 0.6 is 0 Å². The first kappa shape index (κ1) is 9.53. The van der Waals surface area contributed by atoms with Gasteiger partial charge in [0.05, 0.1) is 17.9 Å². The normalized spacial score (nSPS) is 11.8. The molecular weight excluding hydrogens is 170 g/mol. The van der Waals surface area contributed by atoms with Crippen molar-refractivity contribution in [1.82, 2.24) is 15.3 Å². The lowest BCUT2D eigenvalue weighted by atomic mass is 10.4. The molecule has 6 heteroatoms. The van der Waals surface area contributed by atoms with Gasteiger partial charge in [-0.15, -0.1) is 0 Å². The van der Waals surface area contributed by atoms with Gasteiger partial charge < -0.3 is 5.73 Å². The molecule has 1 rings (SSSR count). The molecule has 0 saturated carbocycles. The predicted octanol–water partition coefficient (Wildman–Crippen LogP) is -0.478. The lowest BCUT2D eigenvalue weighted by Crippen LogP contribution is -2.28. The van der Waals surface area contributed by atoms with Gasteiger partial charge in [-0.05, 0) is 13.0 Å². The third kappa shape index (κ3) is 2.45. The molecule has 0 unspecified atom stereocenters. The highest BCUT2D eigenvalue weighted by atomic mass is 16.5. The zero-order valence-electron chi connectivity index (χ0n) is 7.65. The van der Waals surface area contributed by atoms with Crippen molar-refractivity contribution in [2.24, 2.45) is 17.8 Å². The number of aliphatic imine (C=N–C) groups is 1. The Labute approximate surface area is 76.0 Å². The molecule has 0 aliphatic carbocycles. The molecule has 0 aromatic carbocycles. The number of guanidine groups is 1. The molecule has 4 N–H and O–H groups in total. The third-order valence-electron chi connectivity index (χ3n) is 1.62. The first-order valence-corrected chi connectivity index (χ1v) is 3.83. The van der Waals surface area contributed by atoms with Crippen molar-refractivity contribution in [2.75, 3.05) is 0 Å². The number of hydrogen-bond donors (Lipinski definition) is 3. The lowest BCUT2D eigenvalue weighted by molar-refractivity contribution is 0.232. The van der Waals surface area contributed by atoms with E-state index in [-0.39, 0.29) is 5.96 Å². The van der Waals surface area contributed by atoms with Crippen molar-refractivity contribution >= 4 is 5.96 Å². The van der Waals surface area contributed by atoms with Crippen LogP contribution in [0.1, 0.15) is 11.4 Å². The number of aromatic nitrogens is 2. The number of nitrogens with zero attached hydrogens (tertiary/aromatic N) is 3. The summed E-state index contributed by atoms with van der Waals surface area (Å²) in [5.74, 6) is -0.00106. The Balaban J connectivity index is 2.69. The van der Waals surface area contributed by atoms with Crippen LogP contribution in [0.15, 0.2) is 11.1 Å². The molecule has 0 spiro atoms. The molecule has 1 aromatic heterocycles. The van der Waals surface area contributed by atoms with Gasteiger partial charge in [-0.3, -0.25) is 9.89 Å². The minimum Gasteiger partial charge on any atom is -0.368 e. The Kier molecular flexibility index (Phi) is 2.86. The summed E-state index contributed by atoms with van der Waals surface area (Å²) in [5.41, 5.74) is 8.87. The molecule has 0 radical (unpaired) electrons. The van der Waals surface area contributed by atoms with Crippen LogP contribution in [0.25, 0.3) is 0 Å². The monoisotopic (exact) mass is 183 g/mol. The minimum atomic E-state index is -0.00106. The number of hydrogen-bond acceptors (Lipinski definition) is 3. The standard InChI is InChI=1S/C7H13N5O/c1-5-3-6(12(2)10-5)4-9-7(8)11-13/h3,13H,4H2,1-2H3,(H3,8,9,11). The van der Waals surface area contributed by atoms with Gasteiger partial charge in [-0.2, -0.15) is 5.10 Å². The van der Waals surface area contributed by atoms with Crippen molar-refractivity contribution in [3.8, 4) is 0 Å². The van der Waals surface area contributed by atoms with Gasteiger partial charge >= 0.3 is 0 Å². The van der Waals surface area contributed by atoms with E-state index in [1.54, 1.807) is 10.2 Å². The maximum atomic E-state index is 8.36. The second-order valence-corrected chi connectivity index (χ2v) is 2.71. The highest BCUT2D eigenvalue weighted by Crippen LogP contribution is 2.02. The van der Waals surface area contributed by atoms with E-state index in [4.69, 9.17) is 10.9 Å². The first-order valence-electron chi connectivity index (χ1n) is 3.83. The second kappa shape index (κ2) is 3.90. The summed E-state index contributed by atoms with van der Waals surface area (Å²) in [4.78, 5) is 3.86. The minimum absolute atomic E-state index is 0.00106. The summed E-state index contributed by atoms with van der Waals surface area (Å²) >= 11 is 0. The highest BCUT2D eigenvalue weighted by molar-refractivity contribution is 5.76. The van der Waals surface area contributed by atoms with Crippen LogP contribution in [-0.4, -0.2) is 20.9 Å². The summed E-state index contributed by atoms with van der Waals surface area (Å²) in [6.45, 7) is 2.30. The second-order valence-electron chi connectivity index (χ2n) is 2.71. The smallest absolute Gasteiger partial charge is 0.213 e. The van der Waals surface area contributed by atoms with Gasteiger partial charge in [0.2, 0.25) is 5.96 Å². The number of aryl methyl sites for hydroxylation is 2. The Morgan fingerprint density at radius 1 is 1.85 bits per heavy atom. The van der Waals surface area contributed by atoms with E-state index in [0.717, 1.165) is 11.4 Å². The van der Waals surface area contributed by atoms with Crippen molar-refractivity contribution in [1.29, 1.82) is 0 Å². The summed E-state index contributed by atoms with van der Waals surface area (Å²) in [5, 5.41) is 12.5. The van der Waals surface area contributed by atoms with Crippen LogP contribution in [0.2, 0.25) is 0 Å². The van der Waals surface area contributed by atoms with E-state index >= 15 is 0 Å². The molecular formula is C7H13N5O. The average Bonchev–Trinajstić information content (AvgIpc) is 2.41. The van der Waals surface area contributed by atoms with E-state index < -0.39 is 0 Å². The molecule has 0 saturated heterocycles. The molecule has 0 fully saturated rings. The van der Waals surface area contributed by atoms with E-state index in [2.05, 4.69) is 10.1 Å². The van der Waals surface area contributed by atoms with Crippen molar-refractivity contribution in [2.45, 2.75) is 13.5 Å². The fourth-order valence-electron chi connectivity index (χ4n) is 1.01. The average molecular weight is 183 g/mol. The number of rotatable bonds is 2. The molecule has 0 aliphatic heterocycles. The molecule has 72 valence electrons. The topological polar surface area (TPSA) is 88.5 Å². The Morgan fingerprint density at radius 3 is 3.00 bits per heavy atom. The Bertz CT molecular complexity index is 317. The predicted molar refractivity (Wildman–Crippen MR) is 48.2 cm³/mol. The zero-order chi connectivity index (χ0) is 9.84. The summed E-state index contributed by atoms with van der Waals surface area (Å²) in [6.07, 6.45) is 0. The van der Waals surface area contributed by atoms with Gasteiger partial charge in [-0.25, -0.2) is 10.5 Å². The van der Waals surface area contributed by atoms with Gasteiger partial charge in [-0.1, -0.05) is 0 Å². The van der Waals surface area contributed by atoms with Gasteiger partial charge in [0.25, 0.3) is 0 Å². The highest BCUT2D eigenvalue weighted by Gasteiger charge is 2.00. The lowest BCUT2D eigenvalue weighted by Gasteiger charge is -1.98. The van der Waals surface area contributed by atoms with E-state index in [1.165, 1.54) is 0 Å². The van der Waals surface area contributed by atoms with E-state index in [9.17, 15) is 0 Å². The molecule has 13 heavy (non-hydrogen) atoms. The zero-order valence-corrected chi connectivity index (χ0v) is 7.65. The van der Waals surface area contributed by atoms with Crippen LogP contribution in [0.3, 0.4) is 0 Å². The van der Waals surface area contributed by atoms with E-state index in [0.29, 0.717) is 6.54 Å². The van der Waals surface area contributed by atoms with Crippen molar-refractivity contribution < 1.29 is 5.21 Å². The Hall–Kier alpha value is -1.56. The van der Waals surface area contributed by atoms with Crippen molar-refractivity contribution in [3.05, 3.63) is 17.5 Å². The van der Waals surface area contributed by atoms with Crippen LogP contribution in [-0.2, 0) is 13.6 Å². The SMILES string of the molecule is Cc1cc(CN=C(N)NO)n(C)n1. The van der Waals surface area contributed by atoms with Crippen molar-refractivity contribution in [3.63, 3.8) is 0 Å². The molecule has 1 heterocycles. The summed E-state index contributed by atoms with van der Waals surface area (Å²) < 4.78 is 1.73. The van der Waals surface area contributed by atoms with Crippen LogP contribution in [0.4, 0.5) is 0 Å². The molecule has 0 amide bonds. The summed E-state index contributed by atoms with van der Waals surface area (Å²) in [6, 6.07) is 1.91. The van der Waals surface area contributed by atoms with Crippen LogP contribution < -0.4 is 11.2 Å². The quantitative estimate of drug-likeness (QED) is 0.328. The number of nitrogens with two attached hydrogens (primary N) is 1. The summed E-state index contributed by atoms with van der Waals surface area (Å²) in [7, 11) is 1.83. The molecule has 1 aromatic rings. The van der Waals surface area contributed by atoms with Gasteiger partial charge in [0, 0.05) is 7.05 Å². The Morgan fingerprint density at radius 2 is 2.54 bits per heavy atom. The van der Waals surface area contributed by atoms with E-state index in [1.807, 2.05) is 20.0 Å². The van der Waals surface area contributed by atoms with Crippen LogP contribution in [0, 0.1) is 6.92 Å². The van der Waals surface area contributed by atoms with Gasteiger partial charge in [0.1, 0.15) is 0 Å². The third-order valence-corrected chi connectivity index (χ3v) is 1.62. The first-order chi connectivity index (χ1) is 6.13. The maximum Gasteiger partial charge on any atom is 0.213 e. The number of nitrogens with one attached hydrogen (secondary N) is 1. The molecule has 0 atom stereocenters. The molecule has 6 nitrogen and oxygen atoms in total. The molecule has 0 bridgehead atoms. The molecule has 0 aliphatic rings.